The van der Waals surface area contributed by atoms with Gasteiger partial charge in [-0.15, -0.1) is 11.3 Å². The highest BCUT2D eigenvalue weighted by atomic mass is 32.2. The highest BCUT2D eigenvalue weighted by Gasteiger charge is 2.24. The molecule has 0 saturated carbocycles. The Kier molecular flexibility index (Phi) is 4.58. The average Bonchev–Trinajstić information content (AvgIpc) is 3.05. The van der Waals surface area contributed by atoms with Crippen molar-refractivity contribution in [3.63, 3.8) is 0 Å². The van der Waals surface area contributed by atoms with Gasteiger partial charge in [0, 0.05) is 34.5 Å². The first kappa shape index (κ1) is 15.7. The van der Waals surface area contributed by atoms with E-state index in [1.165, 1.54) is 4.88 Å². The number of fused-ring (bicyclic) bond motifs is 1. The molecule has 0 radical (unpaired) electrons. The Balaban J connectivity index is 1.56. The molecule has 1 aliphatic rings. The average molecular weight is 354 g/mol. The summed E-state index contributed by atoms with van der Waals surface area (Å²) in [4.78, 5) is 16.5. The van der Waals surface area contributed by atoms with Crippen LogP contribution in [0, 0.1) is 0 Å². The molecular formula is C20H19NOS2. The van der Waals surface area contributed by atoms with Crippen LogP contribution in [-0.4, -0.2) is 29.6 Å². The number of hydrogen-bond acceptors (Lipinski definition) is 3. The minimum Gasteiger partial charge on any atom is -0.338 e. The van der Waals surface area contributed by atoms with Gasteiger partial charge in [-0.05, 0) is 34.7 Å². The van der Waals surface area contributed by atoms with E-state index in [4.69, 9.17) is 0 Å². The summed E-state index contributed by atoms with van der Waals surface area (Å²) < 4.78 is 0. The fourth-order valence-electron chi connectivity index (χ4n) is 3.26. The lowest BCUT2D eigenvalue weighted by molar-refractivity contribution is 0.0768. The normalized spacial score (nSPS) is 18.5. The third-order valence-electron chi connectivity index (χ3n) is 4.51. The van der Waals surface area contributed by atoms with E-state index in [1.54, 1.807) is 0 Å². The molecule has 0 unspecified atom stereocenters. The first-order valence-corrected chi connectivity index (χ1v) is 10.2. The van der Waals surface area contributed by atoms with Crippen molar-refractivity contribution in [3.05, 3.63) is 70.4 Å². The predicted molar refractivity (Wildman–Crippen MR) is 104 cm³/mol. The second-order valence-corrected chi connectivity index (χ2v) is 8.27. The van der Waals surface area contributed by atoms with Crippen molar-refractivity contribution in [2.24, 2.45) is 0 Å². The molecule has 0 N–H and O–H groups in total. The summed E-state index contributed by atoms with van der Waals surface area (Å²) >= 11 is 3.80. The van der Waals surface area contributed by atoms with Crippen LogP contribution in [0.15, 0.2) is 60.0 Å². The molecule has 4 rings (SSSR count). The summed E-state index contributed by atoms with van der Waals surface area (Å²) in [5.74, 6) is 1.17. The Morgan fingerprint density at radius 3 is 2.75 bits per heavy atom. The SMILES string of the molecule is O=C(c1cccc2ccccc12)N1CCS[C@@H](c2cccs2)CC1. The lowest BCUT2D eigenvalue weighted by atomic mass is 10.0. The molecule has 1 saturated heterocycles. The number of amides is 1. The standard InChI is InChI=1S/C20H19NOS2/c22-20(17-8-3-6-15-5-1-2-7-16(15)17)21-11-10-19(24-14-12-21)18-9-4-13-23-18/h1-9,13,19H,10-12,14H2/t19-/m1/s1. The van der Waals surface area contributed by atoms with E-state index in [1.807, 2.05) is 58.3 Å². The van der Waals surface area contributed by atoms with Crippen molar-refractivity contribution in [2.45, 2.75) is 11.7 Å². The van der Waals surface area contributed by atoms with E-state index in [-0.39, 0.29) is 5.91 Å². The number of thiophene rings is 1. The lowest BCUT2D eigenvalue weighted by Gasteiger charge is -2.21. The molecular weight excluding hydrogens is 334 g/mol. The van der Waals surface area contributed by atoms with Gasteiger partial charge in [-0.2, -0.15) is 11.8 Å². The minimum atomic E-state index is 0.166. The van der Waals surface area contributed by atoms with E-state index in [0.717, 1.165) is 41.6 Å². The second kappa shape index (κ2) is 6.99. The van der Waals surface area contributed by atoms with Gasteiger partial charge in [0.15, 0.2) is 0 Å². The van der Waals surface area contributed by atoms with Crippen LogP contribution in [0.25, 0.3) is 10.8 Å². The van der Waals surface area contributed by atoms with E-state index < -0.39 is 0 Å². The molecule has 3 aromatic rings. The molecule has 1 atom stereocenters. The molecule has 2 nitrogen and oxygen atoms in total. The molecule has 4 heteroatoms. The van der Waals surface area contributed by atoms with Gasteiger partial charge in [0.05, 0.1) is 0 Å². The number of benzene rings is 2. The molecule has 2 heterocycles. The minimum absolute atomic E-state index is 0.166. The smallest absolute Gasteiger partial charge is 0.254 e. The van der Waals surface area contributed by atoms with E-state index in [9.17, 15) is 4.79 Å². The monoisotopic (exact) mass is 353 g/mol. The molecule has 122 valence electrons. The van der Waals surface area contributed by atoms with Gasteiger partial charge >= 0.3 is 0 Å². The van der Waals surface area contributed by atoms with Gasteiger partial charge in [-0.25, -0.2) is 0 Å². The lowest BCUT2D eigenvalue weighted by Crippen LogP contribution is -2.33. The van der Waals surface area contributed by atoms with Gasteiger partial charge < -0.3 is 4.90 Å². The van der Waals surface area contributed by atoms with Crippen LogP contribution in [0.4, 0.5) is 0 Å². The second-order valence-electron chi connectivity index (χ2n) is 5.98. The Hall–Kier alpha value is -1.78. The van der Waals surface area contributed by atoms with Crippen molar-refractivity contribution in [1.29, 1.82) is 0 Å². The topological polar surface area (TPSA) is 20.3 Å². The predicted octanol–water partition coefficient (Wildman–Crippen LogP) is 5.22. The molecule has 1 aromatic heterocycles. The zero-order valence-electron chi connectivity index (χ0n) is 13.4. The molecule has 0 spiro atoms. The molecule has 24 heavy (non-hydrogen) atoms. The van der Waals surface area contributed by atoms with Crippen molar-refractivity contribution in [3.8, 4) is 0 Å². The largest absolute Gasteiger partial charge is 0.338 e. The highest BCUT2D eigenvalue weighted by Crippen LogP contribution is 2.37. The maximum Gasteiger partial charge on any atom is 0.254 e. The number of nitrogens with zero attached hydrogens (tertiary/aromatic N) is 1. The Morgan fingerprint density at radius 1 is 1.00 bits per heavy atom. The first-order valence-electron chi connectivity index (χ1n) is 8.25. The van der Waals surface area contributed by atoms with Crippen LogP contribution < -0.4 is 0 Å². The highest BCUT2D eigenvalue weighted by molar-refractivity contribution is 7.99. The molecule has 1 fully saturated rings. The summed E-state index contributed by atoms with van der Waals surface area (Å²) in [6, 6.07) is 18.5. The Bertz CT molecular complexity index is 838. The first-order chi connectivity index (χ1) is 11.8. The van der Waals surface area contributed by atoms with Gasteiger partial charge in [0.2, 0.25) is 0 Å². The third-order valence-corrected chi connectivity index (χ3v) is 6.95. The summed E-state index contributed by atoms with van der Waals surface area (Å²) in [7, 11) is 0. The number of hydrogen-bond donors (Lipinski definition) is 0. The van der Waals surface area contributed by atoms with Crippen molar-refractivity contribution in [1.82, 2.24) is 4.90 Å². The summed E-state index contributed by atoms with van der Waals surface area (Å²) in [5, 5.41) is 4.84. The molecule has 2 aromatic carbocycles. The van der Waals surface area contributed by atoms with Crippen molar-refractivity contribution in [2.75, 3.05) is 18.8 Å². The summed E-state index contributed by atoms with van der Waals surface area (Å²) in [5.41, 5.74) is 0.827. The van der Waals surface area contributed by atoms with Crippen molar-refractivity contribution < 1.29 is 4.79 Å². The zero-order valence-corrected chi connectivity index (χ0v) is 15.0. The Morgan fingerprint density at radius 2 is 1.88 bits per heavy atom. The number of rotatable bonds is 2. The molecule has 0 bridgehead atoms. The molecule has 1 aliphatic heterocycles. The Labute approximate surface area is 150 Å². The van der Waals surface area contributed by atoms with Crippen LogP contribution in [0.5, 0.6) is 0 Å². The number of thioether (sulfide) groups is 1. The van der Waals surface area contributed by atoms with Gasteiger partial charge in [0.25, 0.3) is 5.91 Å². The maximum absolute atomic E-state index is 13.1. The van der Waals surface area contributed by atoms with Crippen LogP contribution in [0.2, 0.25) is 0 Å². The third kappa shape index (κ3) is 3.08. The van der Waals surface area contributed by atoms with Crippen LogP contribution in [0.3, 0.4) is 0 Å². The van der Waals surface area contributed by atoms with E-state index in [0.29, 0.717) is 5.25 Å². The van der Waals surface area contributed by atoms with Gasteiger partial charge in [0.1, 0.15) is 0 Å². The summed E-state index contributed by atoms with van der Waals surface area (Å²) in [6.45, 7) is 1.66. The zero-order chi connectivity index (χ0) is 16.4. The molecule has 1 amide bonds. The quantitative estimate of drug-likeness (QED) is 0.629. The fraction of sp³-hybridized carbons (Fsp3) is 0.250. The van der Waals surface area contributed by atoms with Crippen LogP contribution in [0.1, 0.15) is 26.9 Å². The van der Waals surface area contributed by atoms with Gasteiger partial charge in [-0.3, -0.25) is 4.79 Å². The van der Waals surface area contributed by atoms with E-state index in [2.05, 4.69) is 29.6 Å². The fourth-order valence-corrected chi connectivity index (χ4v) is 5.49. The summed E-state index contributed by atoms with van der Waals surface area (Å²) in [6.07, 6.45) is 1.03. The van der Waals surface area contributed by atoms with E-state index >= 15 is 0 Å². The number of carbonyl (C=O) groups is 1. The van der Waals surface area contributed by atoms with Crippen LogP contribution >= 0.6 is 23.1 Å². The van der Waals surface area contributed by atoms with Gasteiger partial charge in [-0.1, -0.05) is 42.5 Å². The molecule has 0 aliphatic carbocycles. The van der Waals surface area contributed by atoms with Crippen molar-refractivity contribution >= 4 is 39.8 Å². The number of carbonyl (C=O) groups excluding carboxylic acids is 1. The maximum atomic E-state index is 13.1. The van der Waals surface area contributed by atoms with Crippen LogP contribution in [-0.2, 0) is 0 Å².